The van der Waals surface area contributed by atoms with E-state index in [1.165, 1.54) is 10.4 Å². The largest absolute Gasteiger partial charge is 0.504 e. The molecule has 0 bridgehead atoms. The monoisotopic (exact) mass is 460 g/mol. The number of nitriles is 1. The van der Waals surface area contributed by atoms with Crippen LogP contribution in [-0.2, 0) is 12.8 Å². The molecule has 0 saturated heterocycles. The van der Waals surface area contributed by atoms with Crippen LogP contribution in [0.4, 0.5) is 5.00 Å². The second-order valence-corrected chi connectivity index (χ2v) is 10.1. The van der Waals surface area contributed by atoms with Crippen LogP contribution in [0.25, 0.3) is 0 Å². The molecule has 1 aliphatic rings. The number of ether oxygens (including phenoxy) is 1. The number of hydrogen-bond acceptors (Lipinski definition) is 5. The summed E-state index contributed by atoms with van der Waals surface area (Å²) in [6.07, 6.45) is 4.81. The first-order chi connectivity index (χ1) is 13.2. The summed E-state index contributed by atoms with van der Waals surface area (Å²) in [5, 5.41) is 20.5. The fourth-order valence-electron chi connectivity index (χ4n) is 3.57. The molecule has 1 heterocycles. The molecule has 0 amide bonds. The summed E-state index contributed by atoms with van der Waals surface area (Å²) >= 11 is 5.09. The highest BCUT2D eigenvalue weighted by atomic mass is 79.9. The van der Waals surface area contributed by atoms with Gasteiger partial charge in [0.05, 0.1) is 12.2 Å². The first-order valence-corrected chi connectivity index (χ1v) is 11.1. The summed E-state index contributed by atoms with van der Waals surface area (Å²) < 4.78 is 6.18. The average Bonchev–Trinajstić information content (AvgIpc) is 2.99. The third-order valence-corrected chi connectivity index (χ3v) is 7.13. The molecule has 3 rings (SSSR count). The number of thiophene rings is 1. The first kappa shape index (κ1) is 20.9. The zero-order valence-electron chi connectivity index (χ0n) is 16.7. The van der Waals surface area contributed by atoms with Crippen molar-refractivity contribution in [3.8, 4) is 17.6 Å². The van der Waals surface area contributed by atoms with Gasteiger partial charge in [0.2, 0.25) is 0 Å². The number of phenolic OH excluding ortho intramolecular Hbond substituents is 1. The predicted octanol–water partition coefficient (Wildman–Crippen LogP) is 6.39. The van der Waals surface area contributed by atoms with Gasteiger partial charge >= 0.3 is 0 Å². The molecule has 0 aliphatic heterocycles. The van der Waals surface area contributed by atoms with Crippen molar-refractivity contribution >= 4 is 38.5 Å². The van der Waals surface area contributed by atoms with E-state index < -0.39 is 0 Å². The van der Waals surface area contributed by atoms with Crippen molar-refractivity contribution < 1.29 is 9.84 Å². The summed E-state index contributed by atoms with van der Waals surface area (Å²) in [6.45, 7) is 9.21. The number of aromatic hydroxyl groups is 1. The van der Waals surface area contributed by atoms with E-state index in [-0.39, 0.29) is 11.2 Å². The molecule has 1 aliphatic carbocycles. The van der Waals surface area contributed by atoms with Crippen LogP contribution in [0.5, 0.6) is 11.5 Å². The second kappa shape index (κ2) is 8.26. The third kappa shape index (κ3) is 4.26. The van der Waals surface area contributed by atoms with Crippen molar-refractivity contribution in [3.63, 3.8) is 0 Å². The Hall–Kier alpha value is -1.84. The number of nitrogens with zero attached hydrogens (tertiary/aromatic N) is 2. The topological polar surface area (TPSA) is 65.6 Å². The van der Waals surface area contributed by atoms with E-state index in [1.807, 2.05) is 6.92 Å². The van der Waals surface area contributed by atoms with Crippen molar-refractivity contribution in [1.29, 1.82) is 5.26 Å². The van der Waals surface area contributed by atoms with Crippen LogP contribution < -0.4 is 4.74 Å². The maximum absolute atomic E-state index is 9.97. The molecule has 0 radical (unpaired) electrons. The fraction of sp³-hybridized carbons (Fsp3) is 0.455. The van der Waals surface area contributed by atoms with Crippen LogP contribution >= 0.6 is 27.3 Å². The number of rotatable bonds is 4. The van der Waals surface area contributed by atoms with E-state index in [1.54, 1.807) is 29.7 Å². The molecule has 0 fully saturated rings. The number of halogens is 1. The highest BCUT2D eigenvalue weighted by molar-refractivity contribution is 9.10. The first-order valence-electron chi connectivity index (χ1n) is 9.48. The molecule has 0 saturated carbocycles. The molecular weight excluding hydrogens is 436 g/mol. The molecule has 148 valence electrons. The predicted molar refractivity (Wildman–Crippen MR) is 118 cm³/mol. The number of benzene rings is 1. The Bertz CT molecular complexity index is 951. The minimum absolute atomic E-state index is 0.0865. The van der Waals surface area contributed by atoms with Crippen LogP contribution in [-0.4, -0.2) is 17.9 Å². The molecule has 28 heavy (non-hydrogen) atoms. The summed E-state index contributed by atoms with van der Waals surface area (Å²) in [7, 11) is 0. The Balaban J connectivity index is 1.93. The smallest absolute Gasteiger partial charge is 0.161 e. The maximum Gasteiger partial charge on any atom is 0.161 e. The highest BCUT2D eigenvalue weighted by Gasteiger charge is 2.32. The van der Waals surface area contributed by atoms with Gasteiger partial charge in [-0.15, -0.1) is 11.3 Å². The molecule has 2 aromatic rings. The van der Waals surface area contributed by atoms with Gasteiger partial charge in [0, 0.05) is 21.1 Å². The molecule has 4 nitrogen and oxygen atoms in total. The highest BCUT2D eigenvalue weighted by Crippen LogP contribution is 2.45. The van der Waals surface area contributed by atoms with Crippen LogP contribution in [0.2, 0.25) is 0 Å². The Morgan fingerprint density at radius 1 is 1.43 bits per heavy atom. The van der Waals surface area contributed by atoms with E-state index in [2.05, 4.69) is 47.8 Å². The molecule has 1 atom stereocenters. The van der Waals surface area contributed by atoms with Crippen LogP contribution in [0.15, 0.2) is 21.6 Å². The molecule has 0 spiro atoms. The van der Waals surface area contributed by atoms with Gasteiger partial charge in [-0.25, -0.2) is 4.99 Å². The van der Waals surface area contributed by atoms with Crippen molar-refractivity contribution in [1.82, 2.24) is 0 Å². The second-order valence-electron chi connectivity index (χ2n) is 8.13. The van der Waals surface area contributed by atoms with Gasteiger partial charge in [0.25, 0.3) is 0 Å². The van der Waals surface area contributed by atoms with Gasteiger partial charge in [-0.05, 0) is 71.1 Å². The lowest BCUT2D eigenvalue weighted by Gasteiger charge is -2.33. The lowest BCUT2D eigenvalue weighted by Crippen LogP contribution is -2.26. The van der Waals surface area contributed by atoms with E-state index in [0.29, 0.717) is 23.8 Å². The van der Waals surface area contributed by atoms with Gasteiger partial charge in [-0.3, -0.25) is 0 Å². The normalized spacial score (nSPS) is 16.8. The minimum Gasteiger partial charge on any atom is -0.504 e. The number of fused-ring (bicyclic) bond motifs is 1. The zero-order valence-corrected chi connectivity index (χ0v) is 19.1. The molecule has 1 aromatic carbocycles. The Labute approximate surface area is 179 Å². The lowest BCUT2D eigenvalue weighted by atomic mass is 9.72. The number of phenols is 1. The Morgan fingerprint density at radius 3 is 2.82 bits per heavy atom. The van der Waals surface area contributed by atoms with Gasteiger partial charge in [-0.2, -0.15) is 5.26 Å². The maximum atomic E-state index is 9.97. The molecular formula is C22H25BrN2O2S. The summed E-state index contributed by atoms with van der Waals surface area (Å²) in [5.74, 6) is 1.14. The molecule has 1 aromatic heterocycles. The summed E-state index contributed by atoms with van der Waals surface area (Å²) in [5.41, 5.74) is 2.96. The summed E-state index contributed by atoms with van der Waals surface area (Å²) in [6, 6.07) is 5.72. The van der Waals surface area contributed by atoms with Crippen molar-refractivity contribution in [2.24, 2.45) is 16.3 Å². The number of aliphatic imine (C=N–C) groups is 1. The van der Waals surface area contributed by atoms with Crippen LogP contribution in [0.3, 0.4) is 0 Å². The van der Waals surface area contributed by atoms with Crippen molar-refractivity contribution in [2.75, 3.05) is 6.61 Å². The van der Waals surface area contributed by atoms with E-state index in [0.717, 1.165) is 34.3 Å². The fourth-order valence-corrected chi connectivity index (χ4v) is 5.23. The van der Waals surface area contributed by atoms with Gasteiger partial charge in [0.15, 0.2) is 11.5 Å². The SMILES string of the molecule is CCOc1cc(C=Nc2sc3c(c2C#N)CC[C@H](C(C)(C)C)C3)c(Br)cc1O. The van der Waals surface area contributed by atoms with Crippen molar-refractivity contribution in [3.05, 3.63) is 38.2 Å². The van der Waals surface area contributed by atoms with Gasteiger partial charge in [0.1, 0.15) is 11.1 Å². The standard InChI is InChI=1S/C22H25BrN2O2S/c1-5-27-19-8-13(17(23)10-18(19)26)12-25-21-16(11-24)15-7-6-14(22(2,3)4)9-20(15)28-21/h8,10,12,14,26H,5-7,9H2,1-4H3/t14-/m0/s1. The van der Waals surface area contributed by atoms with Crippen molar-refractivity contribution in [2.45, 2.75) is 47.0 Å². The van der Waals surface area contributed by atoms with Gasteiger partial charge in [-0.1, -0.05) is 20.8 Å². The van der Waals surface area contributed by atoms with E-state index >= 15 is 0 Å². The average molecular weight is 461 g/mol. The Kier molecular flexibility index (Phi) is 6.16. The minimum atomic E-state index is 0.0865. The quantitative estimate of drug-likeness (QED) is 0.537. The Morgan fingerprint density at radius 2 is 2.18 bits per heavy atom. The summed E-state index contributed by atoms with van der Waals surface area (Å²) in [4.78, 5) is 5.94. The van der Waals surface area contributed by atoms with Crippen LogP contribution in [0.1, 0.15) is 55.7 Å². The van der Waals surface area contributed by atoms with E-state index in [4.69, 9.17) is 4.74 Å². The zero-order chi connectivity index (χ0) is 20.5. The molecule has 0 unspecified atom stereocenters. The third-order valence-electron chi connectivity index (χ3n) is 5.28. The number of hydrogen-bond donors (Lipinski definition) is 1. The molecule has 6 heteroatoms. The van der Waals surface area contributed by atoms with Crippen LogP contribution in [0, 0.1) is 22.7 Å². The lowest BCUT2D eigenvalue weighted by molar-refractivity contribution is 0.218. The molecule has 1 N–H and O–H groups in total. The van der Waals surface area contributed by atoms with E-state index in [9.17, 15) is 10.4 Å². The van der Waals surface area contributed by atoms with Gasteiger partial charge < -0.3 is 9.84 Å².